The molecule has 0 radical (unpaired) electrons. The van der Waals surface area contributed by atoms with Gasteiger partial charge in [-0.15, -0.1) is 11.3 Å². The van der Waals surface area contributed by atoms with Crippen LogP contribution in [0.4, 0.5) is 5.69 Å². The summed E-state index contributed by atoms with van der Waals surface area (Å²) in [5, 5.41) is 18.3. The van der Waals surface area contributed by atoms with Crippen molar-refractivity contribution in [1.82, 2.24) is 15.2 Å². The second-order valence-corrected chi connectivity index (χ2v) is 10.8. The summed E-state index contributed by atoms with van der Waals surface area (Å²) < 4.78 is 0.985. The van der Waals surface area contributed by atoms with Crippen molar-refractivity contribution in [2.24, 2.45) is 5.92 Å². The van der Waals surface area contributed by atoms with Gasteiger partial charge in [0.15, 0.2) is 0 Å². The number of nitrogens with one attached hydrogen (secondary N) is 2. The Bertz CT molecular complexity index is 1210. The molecule has 4 atom stereocenters. The molecule has 1 unspecified atom stereocenters. The second-order valence-electron chi connectivity index (χ2n) is 9.75. The maximum Gasteiger partial charge on any atom is 0.240 e. The van der Waals surface area contributed by atoms with Crippen LogP contribution in [0.2, 0.25) is 0 Å². The van der Waals surface area contributed by atoms with Gasteiger partial charge in [0, 0.05) is 12.2 Å². The molecular weight excluding hydrogens is 448 g/mol. The number of aliphatic hydroxyl groups is 1. The number of carbonyl (C=O) groups excluding carboxylic acids is 2. The monoisotopic (exact) mass is 478 g/mol. The number of carbonyl (C=O) groups is 2. The Labute approximate surface area is 203 Å². The van der Waals surface area contributed by atoms with Crippen LogP contribution in [-0.4, -0.2) is 52.5 Å². The van der Waals surface area contributed by atoms with Gasteiger partial charge >= 0.3 is 0 Å². The Morgan fingerprint density at radius 1 is 1.26 bits per heavy atom. The van der Waals surface area contributed by atoms with Crippen LogP contribution < -0.4 is 10.6 Å². The summed E-state index contributed by atoms with van der Waals surface area (Å²) >= 11 is 1.43. The number of hydrogen-bond acceptors (Lipinski definition) is 6. The van der Waals surface area contributed by atoms with Crippen LogP contribution in [0.1, 0.15) is 43.4 Å². The Morgan fingerprint density at radius 3 is 2.74 bits per heavy atom. The van der Waals surface area contributed by atoms with Gasteiger partial charge in [-0.1, -0.05) is 44.2 Å². The molecule has 7 nitrogen and oxygen atoms in total. The molecule has 1 spiro atoms. The molecule has 2 aliphatic rings. The van der Waals surface area contributed by atoms with Crippen molar-refractivity contribution in [2.45, 2.75) is 50.3 Å². The molecule has 0 aliphatic carbocycles. The largest absolute Gasteiger partial charge is 0.384 e. The minimum absolute atomic E-state index is 0.0876. The number of aliphatic hydroxyl groups excluding tert-OH is 1. The summed E-state index contributed by atoms with van der Waals surface area (Å²) in [6.45, 7) is 4.39. The lowest BCUT2D eigenvalue weighted by atomic mass is 9.79. The van der Waals surface area contributed by atoms with E-state index in [1.165, 1.54) is 11.3 Å². The molecule has 8 heteroatoms. The number of thiazole rings is 1. The standard InChI is InChI=1S/C26H30N4O3S/c1-15(2)12-19(27-3)24(32)30-14-26(16-8-4-5-9-17(16)29-25(26)33)13-20(30)22(31)23-28-18-10-6-7-11-21(18)34-23/h4-11,15,19-20,22,27,31H,12-14H2,1-3H3,(H,29,33)/t19-,20-,22?,26-/m0/s1. The first-order chi connectivity index (χ1) is 16.3. The third-order valence-corrected chi connectivity index (χ3v) is 8.20. The fraction of sp³-hybridized carbons (Fsp3) is 0.423. The van der Waals surface area contributed by atoms with Crippen molar-refractivity contribution < 1.29 is 14.7 Å². The predicted octanol–water partition coefficient (Wildman–Crippen LogP) is 3.45. The molecule has 5 rings (SSSR count). The molecule has 1 fully saturated rings. The highest BCUT2D eigenvalue weighted by Gasteiger charge is 2.57. The highest BCUT2D eigenvalue weighted by atomic mass is 32.1. The van der Waals surface area contributed by atoms with E-state index in [0.717, 1.165) is 21.5 Å². The second kappa shape index (κ2) is 8.76. The van der Waals surface area contributed by atoms with E-state index in [4.69, 9.17) is 0 Å². The van der Waals surface area contributed by atoms with Crippen molar-refractivity contribution >= 4 is 39.1 Å². The summed E-state index contributed by atoms with van der Waals surface area (Å²) in [4.78, 5) is 33.5. The summed E-state index contributed by atoms with van der Waals surface area (Å²) in [5.41, 5.74) is 1.61. The Balaban J connectivity index is 1.55. The molecule has 3 heterocycles. The maximum atomic E-state index is 13.8. The van der Waals surface area contributed by atoms with E-state index < -0.39 is 17.6 Å². The third kappa shape index (κ3) is 3.70. The van der Waals surface area contributed by atoms with Gasteiger partial charge in [0.2, 0.25) is 11.8 Å². The first-order valence-electron chi connectivity index (χ1n) is 11.8. The molecule has 3 aromatic rings. The van der Waals surface area contributed by atoms with Crippen LogP contribution in [0.5, 0.6) is 0 Å². The zero-order chi connectivity index (χ0) is 24.0. The number of amides is 2. The minimum Gasteiger partial charge on any atom is -0.384 e. The van der Waals surface area contributed by atoms with Gasteiger partial charge in [-0.2, -0.15) is 0 Å². The van der Waals surface area contributed by atoms with Crippen molar-refractivity contribution in [3.63, 3.8) is 0 Å². The molecule has 2 aliphatic heterocycles. The number of nitrogens with zero attached hydrogens (tertiary/aromatic N) is 2. The number of para-hydroxylation sites is 2. The van der Waals surface area contributed by atoms with Gasteiger partial charge in [-0.05, 0) is 49.6 Å². The van der Waals surface area contributed by atoms with Gasteiger partial charge in [0.25, 0.3) is 0 Å². The summed E-state index contributed by atoms with van der Waals surface area (Å²) in [6, 6.07) is 14.5. The van der Waals surface area contributed by atoms with Crippen LogP contribution in [0.25, 0.3) is 10.2 Å². The number of benzene rings is 2. The first-order valence-corrected chi connectivity index (χ1v) is 12.6. The molecule has 1 saturated heterocycles. The fourth-order valence-electron chi connectivity index (χ4n) is 5.39. The molecule has 3 N–H and O–H groups in total. The molecule has 34 heavy (non-hydrogen) atoms. The highest BCUT2D eigenvalue weighted by molar-refractivity contribution is 7.18. The van der Waals surface area contributed by atoms with Gasteiger partial charge in [-0.25, -0.2) is 4.98 Å². The summed E-state index contributed by atoms with van der Waals surface area (Å²) in [7, 11) is 1.79. The molecule has 0 saturated carbocycles. The van der Waals surface area contributed by atoms with Crippen LogP contribution in [-0.2, 0) is 15.0 Å². The van der Waals surface area contributed by atoms with E-state index >= 15 is 0 Å². The number of likely N-dealkylation sites (N-methyl/N-ethyl adjacent to an activating group) is 1. The van der Waals surface area contributed by atoms with Gasteiger partial charge < -0.3 is 20.6 Å². The molecule has 0 bridgehead atoms. The summed E-state index contributed by atoms with van der Waals surface area (Å²) in [5.74, 6) is 0.117. The molecule has 2 aromatic carbocycles. The van der Waals surface area contributed by atoms with E-state index in [0.29, 0.717) is 23.8 Å². The van der Waals surface area contributed by atoms with Crippen LogP contribution in [0.3, 0.4) is 0 Å². The predicted molar refractivity (Wildman–Crippen MR) is 134 cm³/mol. The lowest BCUT2D eigenvalue weighted by Crippen LogP contribution is -2.50. The number of aromatic nitrogens is 1. The first kappa shape index (κ1) is 23.0. The van der Waals surface area contributed by atoms with Gasteiger partial charge in [-0.3, -0.25) is 9.59 Å². The minimum atomic E-state index is -0.988. The average Bonchev–Trinajstić information content (AvgIpc) is 3.51. The van der Waals surface area contributed by atoms with E-state index in [2.05, 4.69) is 29.5 Å². The highest BCUT2D eigenvalue weighted by Crippen LogP contribution is 2.49. The lowest BCUT2D eigenvalue weighted by Gasteiger charge is -2.31. The number of rotatable bonds is 6. The fourth-order valence-corrected chi connectivity index (χ4v) is 6.40. The summed E-state index contributed by atoms with van der Waals surface area (Å²) in [6.07, 6.45) is 0.0281. The molecule has 2 amide bonds. The van der Waals surface area contributed by atoms with Crippen molar-refractivity contribution in [1.29, 1.82) is 0 Å². The number of fused-ring (bicyclic) bond motifs is 3. The third-order valence-electron chi connectivity index (χ3n) is 7.09. The van der Waals surface area contributed by atoms with Crippen LogP contribution in [0.15, 0.2) is 48.5 Å². The number of likely N-dealkylation sites (tertiary alicyclic amines) is 1. The Morgan fingerprint density at radius 2 is 2.00 bits per heavy atom. The van der Waals surface area contributed by atoms with E-state index in [9.17, 15) is 14.7 Å². The van der Waals surface area contributed by atoms with Crippen LogP contribution >= 0.6 is 11.3 Å². The van der Waals surface area contributed by atoms with Crippen molar-refractivity contribution in [3.8, 4) is 0 Å². The molecule has 178 valence electrons. The van der Waals surface area contributed by atoms with Crippen molar-refractivity contribution in [2.75, 3.05) is 18.9 Å². The smallest absolute Gasteiger partial charge is 0.240 e. The molecule has 1 aromatic heterocycles. The average molecular weight is 479 g/mol. The van der Waals surface area contributed by atoms with Gasteiger partial charge in [0.1, 0.15) is 11.1 Å². The van der Waals surface area contributed by atoms with Crippen molar-refractivity contribution in [3.05, 3.63) is 59.1 Å². The van der Waals surface area contributed by atoms with E-state index in [-0.39, 0.29) is 24.4 Å². The topological polar surface area (TPSA) is 94.6 Å². The Hall–Kier alpha value is -2.81. The zero-order valence-electron chi connectivity index (χ0n) is 19.6. The zero-order valence-corrected chi connectivity index (χ0v) is 20.4. The maximum absolute atomic E-state index is 13.8. The Kier molecular flexibility index (Phi) is 5.91. The van der Waals surface area contributed by atoms with E-state index in [1.807, 2.05) is 48.5 Å². The normalized spacial score (nSPS) is 23.5. The van der Waals surface area contributed by atoms with E-state index in [1.54, 1.807) is 11.9 Å². The number of hydrogen-bond donors (Lipinski definition) is 3. The number of anilines is 1. The SMILES string of the molecule is CN[C@@H](CC(C)C)C(=O)N1C[C@]2(C[C@H]1C(O)c1nc3ccccc3s1)C(=O)Nc1ccccc12. The lowest BCUT2D eigenvalue weighted by molar-refractivity contribution is -0.137. The van der Waals surface area contributed by atoms with Crippen LogP contribution in [0, 0.1) is 5.92 Å². The quantitative estimate of drug-likeness (QED) is 0.505. The van der Waals surface area contributed by atoms with Gasteiger partial charge in [0.05, 0.1) is 27.7 Å². The molecular formula is C26H30N4O3S.